The zero-order valence-electron chi connectivity index (χ0n) is 10.2. The number of hydrogen-bond donors (Lipinski definition) is 3. The lowest BCUT2D eigenvalue weighted by Crippen LogP contribution is -2.38. The summed E-state index contributed by atoms with van der Waals surface area (Å²) in [6.07, 6.45) is 0. The van der Waals surface area contributed by atoms with Crippen LogP contribution >= 0.6 is 0 Å². The Balaban J connectivity index is 2.27. The number of amides is 2. The Morgan fingerprint density at radius 2 is 2.11 bits per heavy atom. The van der Waals surface area contributed by atoms with Crippen molar-refractivity contribution in [1.29, 1.82) is 0 Å². The number of ether oxygens (including phenoxy) is 1. The maximum atomic E-state index is 11.3. The first-order valence-electron chi connectivity index (χ1n) is 5.63. The predicted octanol–water partition coefficient (Wildman–Crippen LogP) is 0.631. The third-order valence-electron chi connectivity index (χ3n) is 2.10. The topological polar surface area (TPSA) is 93.4 Å². The van der Waals surface area contributed by atoms with Crippen LogP contribution in [0.15, 0.2) is 24.3 Å². The molecular formula is C12H17N3O3. The first kappa shape index (κ1) is 13.8. The standard InChI is InChI=1S/C12H17N3O3/c1-2-18-11(16)8-15-12(17)14-7-9-4-3-5-10(13)6-9/h3-6H,2,7-8,13H2,1H3,(H2,14,15,17). The van der Waals surface area contributed by atoms with E-state index >= 15 is 0 Å². The van der Waals surface area contributed by atoms with Gasteiger partial charge in [-0.1, -0.05) is 12.1 Å². The fourth-order valence-corrected chi connectivity index (χ4v) is 1.31. The van der Waals surface area contributed by atoms with Gasteiger partial charge in [-0.3, -0.25) is 4.79 Å². The summed E-state index contributed by atoms with van der Waals surface area (Å²) in [5, 5.41) is 5.01. The molecule has 2 amide bonds. The third-order valence-corrected chi connectivity index (χ3v) is 2.10. The zero-order valence-corrected chi connectivity index (χ0v) is 10.2. The molecule has 0 radical (unpaired) electrons. The molecule has 0 aliphatic heterocycles. The molecule has 0 atom stereocenters. The van der Waals surface area contributed by atoms with E-state index < -0.39 is 12.0 Å². The minimum absolute atomic E-state index is 0.142. The number of nitrogens with one attached hydrogen (secondary N) is 2. The summed E-state index contributed by atoms with van der Waals surface area (Å²) < 4.78 is 4.67. The molecule has 6 nitrogen and oxygen atoms in total. The maximum Gasteiger partial charge on any atom is 0.325 e. The smallest absolute Gasteiger partial charge is 0.325 e. The highest BCUT2D eigenvalue weighted by atomic mass is 16.5. The van der Waals surface area contributed by atoms with E-state index in [1.807, 2.05) is 12.1 Å². The number of rotatable bonds is 5. The molecular weight excluding hydrogens is 234 g/mol. The number of nitrogens with two attached hydrogens (primary N) is 1. The van der Waals surface area contributed by atoms with Gasteiger partial charge in [0.15, 0.2) is 0 Å². The Bertz CT molecular complexity index is 421. The lowest BCUT2D eigenvalue weighted by molar-refractivity contribution is -0.141. The second-order valence-corrected chi connectivity index (χ2v) is 3.59. The van der Waals surface area contributed by atoms with Crippen molar-refractivity contribution in [3.8, 4) is 0 Å². The van der Waals surface area contributed by atoms with Crippen molar-refractivity contribution in [3.63, 3.8) is 0 Å². The monoisotopic (exact) mass is 251 g/mol. The van der Waals surface area contributed by atoms with Crippen LogP contribution in [0, 0.1) is 0 Å². The number of urea groups is 1. The molecule has 0 aliphatic rings. The molecule has 0 heterocycles. The fourth-order valence-electron chi connectivity index (χ4n) is 1.31. The minimum atomic E-state index is -0.461. The molecule has 0 bridgehead atoms. The van der Waals surface area contributed by atoms with Crippen LogP contribution in [-0.2, 0) is 16.1 Å². The summed E-state index contributed by atoms with van der Waals surface area (Å²) in [4.78, 5) is 22.3. The van der Waals surface area contributed by atoms with Crippen LogP contribution in [0.2, 0.25) is 0 Å². The van der Waals surface area contributed by atoms with E-state index in [1.54, 1.807) is 19.1 Å². The molecule has 0 saturated heterocycles. The van der Waals surface area contributed by atoms with E-state index in [1.165, 1.54) is 0 Å². The molecule has 1 rings (SSSR count). The van der Waals surface area contributed by atoms with Crippen LogP contribution in [0.4, 0.5) is 10.5 Å². The fraction of sp³-hybridized carbons (Fsp3) is 0.333. The van der Waals surface area contributed by atoms with Crippen molar-refractivity contribution in [1.82, 2.24) is 10.6 Å². The van der Waals surface area contributed by atoms with E-state index in [2.05, 4.69) is 15.4 Å². The Labute approximate surface area is 105 Å². The van der Waals surface area contributed by atoms with Crippen LogP contribution < -0.4 is 16.4 Å². The number of carbonyl (C=O) groups excluding carboxylic acids is 2. The number of esters is 1. The highest BCUT2D eigenvalue weighted by molar-refractivity contribution is 5.80. The summed E-state index contributed by atoms with van der Waals surface area (Å²) in [7, 11) is 0. The Hall–Kier alpha value is -2.24. The van der Waals surface area contributed by atoms with Gasteiger partial charge in [0.05, 0.1) is 6.61 Å². The molecule has 0 spiro atoms. The first-order chi connectivity index (χ1) is 8.61. The quantitative estimate of drug-likeness (QED) is 0.528. The van der Waals surface area contributed by atoms with Crippen LogP contribution in [-0.4, -0.2) is 25.2 Å². The molecule has 0 saturated carbocycles. The van der Waals surface area contributed by atoms with Gasteiger partial charge >= 0.3 is 12.0 Å². The van der Waals surface area contributed by atoms with Crippen LogP contribution in [0.3, 0.4) is 0 Å². The van der Waals surface area contributed by atoms with Gasteiger partial charge in [-0.25, -0.2) is 4.79 Å². The lowest BCUT2D eigenvalue weighted by atomic mass is 10.2. The van der Waals surface area contributed by atoms with E-state index in [9.17, 15) is 9.59 Å². The first-order valence-corrected chi connectivity index (χ1v) is 5.63. The van der Waals surface area contributed by atoms with Crippen molar-refractivity contribution in [2.75, 3.05) is 18.9 Å². The number of anilines is 1. The van der Waals surface area contributed by atoms with E-state index in [0.29, 0.717) is 18.8 Å². The van der Waals surface area contributed by atoms with Gasteiger partial charge in [-0.2, -0.15) is 0 Å². The van der Waals surface area contributed by atoms with Crippen molar-refractivity contribution < 1.29 is 14.3 Å². The Morgan fingerprint density at radius 3 is 2.78 bits per heavy atom. The van der Waals surface area contributed by atoms with Gasteiger partial charge in [0, 0.05) is 12.2 Å². The van der Waals surface area contributed by atoms with E-state index in [4.69, 9.17) is 5.73 Å². The summed E-state index contributed by atoms with van der Waals surface area (Å²) >= 11 is 0. The molecule has 0 aliphatic carbocycles. The number of carbonyl (C=O) groups is 2. The van der Waals surface area contributed by atoms with Gasteiger partial charge in [-0.15, -0.1) is 0 Å². The van der Waals surface area contributed by atoms with Crippen molar-refractivity contribution >= 4 is 17.7 Å². The summed E-state index contributed by atoms with van der Waals surface area (Å²) in [6.45, 7) is 2.21. The SMILES string of the molecule is CCOC(=O)CNC(=O)NCc1cccc(N)c1. The second-order valence-electron chi connectivity index (χ2n) is 3.59. The highest BCUT2D eigenvalue weighted by Gasteiger charge is 2.05. The van der Waals surface area contributed by atoms with Gasteiger partial charge in [0.2, 0.25) is 0 Å². The van der Waals surface area contributed by atoms with E-state index in [0.717, 1.165) is 5.56 Å². The molecule has 1 aromatic rings. The lowest BCUT2D eigenvalue weighted by Gasteiger charge is -2.07. The molecule has 98 valence electrons. The molecule has 6 heteroatoms. The summed E-state index contributed by atoms with van der Waals surface area (Å²) in [6, 6.07) is 6.77. The van der Waals surface area contributed by atoms with Crippen LogP contribution in [0.5, 0.6) is 0 Å². The van der Waals surface area contributed by atoms with Gasteiger partial charge in [0.1, 0.15) is 6.54 Å². The molecule has 18 heavy (non-hydrogen) atoms. The van der Waals surface area contributed by atoms with Crippen LogP contribution in [0.25, 0.3) is 0 Å². The summed E-state index contributed by atoms with van der Waals surface area (Å²) in [5.41, 5.74) is 7.14. The average molecular weight is 251 g/mol. The Kier molecular flexibility index (Phi) is 5.50. The van der Waals surface area contributed by atoms with Gasteiger partial charge in [-0.05, 0) is 24.6 Å². The second kappa shape index (κ2) is 7.16. The molecule has 0 aromatic heterocycles. The highest BCUT2D eigenvalue weighted by Crippen LogP contribution is 2.05. The maximum absolute atomic E-state index is 11.3. The van der Waals surface area contributed by atoms with Crippen molar-refractivity contribution in [2.24, 2.45) is 0 Å². The minimum Gasteiger partial charge on any atom is -0.465 e. The third kappa shape index (κ3) is 5.20. The van der Waals surface area contributed by atoms with Gasteiger partial charge < -0.3 is 21.1 Å². The zero-order chi connectivity index (χ0) is 13.4. The van der Waals surface area contributed by atoms with Crippen molar-refractivity contribution in [3.05, 3.63) is 29.8 Å². The van der Waals surface area contributed by atoms with E-state index in [-0.39, 0.29) is 6.54 Å². The molecule has 0 unspecified atom stereocenters. The predicted molar refractivity (Wildman–Crippen MR) is 67.7 cm³/mol. The molecule has 4 N–H and O–H groups in total. The Morgan fingerprint density at radius 1 is 1.33 bits per heavy atom. The number of nitrogen functional groups attached to an aromatic ring is 1. The van der Waals surface area contributed by atoms with Crippen molar-refractivity contribution in [2.45, 2.75) is 13.5 Å². The van der Waals surface area contributed by atoms with Gasteiger partial charge in [0.25, 0.3) is 0 Å². The average Bonchev–Trinajstić information content (AvgIpc) is 2.34. The number of benzene rings is 1. The molecule has 1 aromatic carbocycles. The normalized spacial score (nSPS) is 9.61. The molecule has 0 fully saturated rings. The largest absolute Gasteiger partial charge is 0.465 e. The number of hydrogen-bond acceptors (Lipinski definition) is 4. The van der Waals surface area contributed by atoms with Crippen LogP contribution in [0.1, 0.15) is 12.5 Å². The summed E-state index contributed by atoms with van der Waals surface area (Å²) in [5.74, 6) is -0.461.